The van der Waals surface area contributed by atoms with Crippen LogP contribution in [0.1, 0.15) is 11.1 Å². The first kappa shape index (κ1) is 16.6. The fourth-order valence-corrected chi connectivity index (χ4v) is 2.16. The summed E-state index contributed by atoms with van der Waals surface area (Å²) in [4.78, 5) is 11.9. The molecule has 0 saturated carbocycles. The Morgan fingerprint density at radius 1 is 1.08 bits per heavy atom. The molecular formula is C19H17FN2O3. The maximum absolute atomic E-state index is 12.9. The third-order valence-electron chi connectivity index (χ3n) is 3.44. The van der Waals surface area contributed by atoms with Gasteiger partial charge in [0.15, 0.2) is 0 Å². The molecule has 0 aliphatic rings. The zero-order chi connectivity index (χ0) is 17.5. The molecule has 2 amide bonds. The predicted molar refractivity (Wildman–Crippen MR) is 91.7 cm³/mol. The molecule has 0 aliphatic heterocycles. The molecule has 0 aliphatic carbocycles. The van der Waals surface area contributed by atoms with Gasteiger partial charge in [0.25, 0.3) is 0 Å². The van der Waals surface area contributed by atoms with Crippen molar-refractivity contribution in [3.8, 4) is 5.75 Å². The van der Waals surface area contributed by atoms with Crippen molar-refractivity contribution >= 4 is 11.7 Å². The summed E-state index contributed by atoms with van der Waals surface area (Å²) >= 11 is 0. The van der Waals surface area contributed by atoms with Gasteiger partial charge in [0.1, 0.15) is 18.2 Å². The summed E-state index contributed by atoms with van der Waals surface area (Å²) in [7, 11) is 0. The standard InChI is InChI=1S/C19H17FN2O3/c20-16-6-4-14(5-7-16)13-25-18-3-1-2-17(10-18)22-19(23)21-11-15-8-9-24-12-15/h1-10,12H,11,13H2,(H2,21,22,23). The number of halogens is 1. The Morgan fingerprint density at radius 2 is 1.92 bits per heavy atom. The number of anilines is 1. The lowest BCUT2D eigenvalue weighted by atomic mass is 10.2. The monoisotopic (exact) mass is 340 g/mol. The average Bonchev–Trinajstić information content (AvgIpc) is 3.13. The van der Waals surface area contributed by atoms with E-state index in [-0.39, 0.29) is 11.8 Å². The number of nitrogens with one attached hydrogen (secondary N) is 2. The van der Waals surface area contributed by atoms with E-state index >= 15 is 0 Å². The van der Waals surface area contributed by atoms with Gasteiger partial charge in [-0.25, -0.2) is 9.18 Å². The van der Waals surface area contributed by atoms with E-state index in [4.69, 9.17) is 9.15 Å². The summed E-state index contributed by atoms with van der Waals surface area (Å²) in [5, 5.41) is 5.47. The summed E-state index contributed by atoms with van der Waals surface area (Å²) in [6.45, 7) is 0.694. The van der Waals surface area contributed by atoms with Gasteiger partial charge in [-0.3, -0.25) is 0 Å². The second-order valence-corrected chi connectivity index (χ2v) is 5.38. The predicted octanol–water partition coefficient (Wildman–Crippen LogP) is 4.32. The van der Waals surface area contributed by atoms with Crippen molar-refractivity contribution in [3.63, 3.8) is 0 Å². The molecule has 128 valence electrons. The van der Waals surface area contributed by atoms with E-state index in [0.29, 0.717) is 24.6 Å². The smallest absolute Gasteiger partial charge is 0.319 e. The minimum Gasteiger partial charge on any atom is -0.489 e. The fourth-order valence-electron chi connectivity index (χ4n) is 2.16. The Morgan fingerprint density at radius 3 is 2.68 bits per heavy atom. The van der Waals surface area contributed by atoms with Crippen LogP contribution in [0.3, 0.4) is 0 Å². The van der Waals surface area contributed by atoms with Crippen LogP contribution in [-0.2, 0) is 13.2 Å². The molecule has 0 bridgehead atoms. The normalized spacial score (nSPS) is 10.3. The number of benzene rings is 2. The molecule has 1 aromatic heterocycles. The maximum Gasteiger partial charge on any atom is 0.319 e. The maximum atomic E-state index is 12.9. The first-order valence-electron chi connectivity index (χ1n) is 7.72. The fraction of sp³-hybridized carbons (Fsp3) is 0.105. The van der Waals surface area contributed by atoms with Crippen molar-refractivity contribution in [2.24, 2.45) is 0 Å². The number of carbonyl (C=O) groups is 1. The second-order valence-electron chi connectivity index (χ2n) is 5.38. The van der Waals surface area contributed by atoms with Crippen LogP contribution in [0, 0.1) is 5.82 Å². The van der Waals surface area contributed by atoms with Gasteiger partial charge >= 0.3 is 6.03 Å². The zero-order valence-corrected chi connectivity index (χ0v) is 13.4. The molecule has 0 saturated heterocycles. The highest BCUT2D eigenvalue weighted by molar-refractivity contribution is 5.89. The lowest BCUT2D eigenvalue weighted by Gasteiger charge is -2.10. The highest BCUT2D eigenvalue weighted by Gasteiger charge is 2.04. The molecule has 3 rings (SSSR count). The number of urea groups is 1. The Kier molecular flexibility index (Phi) is 5.31. The first-order valence-corrected chi connectivity index (χ1v) is 7.72. The minimum absolute atomic E-state index is 0.281. The molecule has 0 radical (unpaired) electrons. The van der Waals surface area contributed by atoms with E-state index < -0.39 is 0 Å². The Labute approximate surface area is 144 Å². The lowest BCUT2D eigenvalue weighted by molar-refractivity contribution is 0.251. The second kappa shape index (κ2) is 8.01. The van der Waals surface area contributed by atoms with Gasteiger partial charge in [0.05, 0.1) is 12.5 Å². The van der Waals surface area contributed by atoms with Crippen molar-refractivity contribution < 1.29 is 18.3 Å². The molecule has 0 unspecified atom stereocenters. The topological polar surface area (TPSA) is 63.5 Å². The summed E-state index contributed by atoms with van der Waals surface area (Å²) in [5.41, 5.74) is 2.35. The number of carbonyl (C=O) groups excluding carboxylic acids is 1. The van der Waals surface area contributed by atoms with Gasteiger partial charge in [0.2, 0.25) is 0 Å². The molecule has 0 spiro atoms. The van der Waals surface area contributed by atoms with E-state index in [9.17, 15) is 9.18 Å². The molecule has 5 nitrogen and oxygen atoms in total. The van der Waals surface area contributed by atoms with Crippen LogP contribution < -0.4 is 15.4 Å². The third kappa shape index (κ3) is 5.10. The average molecular weight is 340 g/mol. The molecule has 6 heteroatoms. The Bertz CT molecular complexity index is 817. The minimum atomic E-state index is -0.322. The SMILES string of the molecule is O=C(NCc1ccoc1)Nc1cccc(OCc2ccc(F)cc2)c1. The summed E-state index contributed by atoms with van der Waals surface area (Å²) in [5.74, 6) is 0.327. The van der Waals surface area contributed by atoms with Crippen LogP contribution in [0.25, 0.3) is 0 Å². The lowest BCUT2D eigenvalue weighted by Crippen LogP contribution is -2.27. The summed E-state index contributed by atoms with van der Waals surface area (Å²) in [6, 6.07) is 14.6. The van der Waals surface area contributed by atoms with E-state index in [1.165, 1.54) is 12.1 Å². The van der Waals surface area contributed by atoms with Crippen LogP contribution in [0.4, 0.5) is 14.9 Å². The van der Waals surface area contributed by atoms with Crippen LogP contribution >= 0.6 is 0 Å². The third-order valence-corrected chi connectivity index (χ3v) is 3.44. The van der Waals surface area contributed by atoms with Crippen molar-refractivity contribution in [1.82, 2.24) is 5.32 Å². The van der Waals surface area contributed by atoms with Gasteiger partial charge in [-0.15, -0.1) is 0 Å². The van der Waals surface area contributed by atoms with E-state index in [1.807, 2.05) is 0 Å². The van der Waals surface area contributed by atoms with Crippen molar-refractivity contribution in [2.75, 3.05) is 5.32 Å². The number of rotatable bonds is 6. The van der Waals surface area contributed by atoms with E-state index in [2.05, 4.69) is 10.6 Å². The molecule has 2 aromatic carbocycles. The summed E-state index contributed by atoms with van der Waals surface area (Å²) in [6.07, 6.45) is 3.13. The quantitative estimate of drug-likeness (QED) is 0.702. The molecule has 2 N–H and O–H groups in total. The van der Waals surface area contributed by atoms with E-state index in [1.54, 1.807) is 55.0 Å². The Hall–Kier alpha value is -3.28. The summed E-state index contributed by atoms with van der Waals surface area (Å²) < 4.78 is 23.5. The largest absolute Gasteiger partial charge is 0.489 e. The highest BCUT2D eigenvalue weighted by atomic mass is 19.1. The van der Waals surface area contributed by atoms with Crippen molar-refractivity contribution in [2.45, 2.75) is 13.2 Å². The van der Waals surface area contributed by atoms with Gasteiger partial charge in [-0.2, -0.15) is 0 Å². The van der Waals surface area contributed by atoms with Crippen molar-refractivity contribution in [3.05, 3.63) is 84.1 Å². The number of hydrogen-bond acceptors (Lipinski definition) is 3. The van der Waals surface area contributed by atoms with Crippen LogP contribution in [0.5, 0.6) is 5.75 Å². The molecule has 1 heterocycles. The molecular weight excluding hydrogens is 323 g/mol. The number of amides is 2. The van der Waals surface area contributed by atoms with E-state index in [0.717, 1.165) is 11.1 Å². The van der Waals surface area contributed by atoms with Crippen LogP contribution in [0.15, 0.2) is 71.5 Å². The number of ether oxygens (including phenoxy) is 1. The Balaban J connectivity index is 1.51. The zero-order valence-electron chi connectivity index (χ0n) is 13.4. The number of hydrogen-bond donors (Lipinski definition) is 2. The van der Waals surface area contributed by atoms with Gasteiger partial charge in [0, 0.05) is 23.9 Å². The molecule has 25 heavy (non-hydrogen) atoms. The highest BCUT2D eigenvalue weighted by Crippen LogP contribution is 2.18. The van der Waals surface area contributed by atoms with Crippen LogP contribution in [0.2, 0.25) is 0 Å². The van der Waals surface area contributed by atoms with Gasteiger partial charge in [-0.05, 0) is 35.9 Å². The van der Waals surface area contributed by atoms with Crippen molar-refractivity contribution in [1.29, 1.82) is 0 Å². The molecule has 3 aromatic rings. The number of furan rings is 1. The molecule has 0 fully saturated rings. The first-order chi connectivity index (χ1) is 12.2. The molecule has 0 atom stereocenters. The van der Waals surface area contributed by atoms with Gasteiger partial charge in [-0.1, -0.05) is 18.2 Å². The van der Waals surface area contributed by atoms with Crippen LogP contribution in [-0.4, -0.2) is 6.03 Å². The van der Waals surface area contributed by atoms with Gasteiger partial charge < -0.3 is 19.8 Å².